The third-order valence-corrected chi connectivity index (χ3v) is 3.57. The van der Waals surface area contributed by atoms with Crippen LogP contribution in [0.2, 0.25) is 10.0 Å². The Kier molecular flexibility index (Phi) is 2.88. The van der Waals surface area contributed by atoms with E-state index in [2.05, 4.69) is 4.98 Å². The summed E-state index contributed by atoms with van der Waals surface area (Å²) in [5, 5.41) is 0.689. The summed E-state index contributed by atoms with van der Waals surface area (Å²) >= 11 is 12.1. The maximum atomic E-state index is 6.13. The van der Waals surface area contributed by atoms with Crippen LogP contribution in [0.25, 0.3) is 22.6 Å². The Morgan fingerprint density at radius 2 is 2.00 bits per heavy atom. The number of nitrogen functional groups attached to an aromatic ring is 1. The van der Waals surface area contributed by atoms with Crippen LogP contribution >= 0.6 is 23.2 Å². The second kappa shape index (κ2) is 4.44. The van der Waals surface area contributed by atoms with Crippen LogP contribution in [-0.4, -0.2) is 4.98 Å². The highest BCUT2D eigenvalue weighted by Crippen LogP contribution is 2.36. The predicted octanol–water partition coefficient (Wildman–Crippen LogP) is 4.69. The Morgan fingerprint density at radius 1 is 1.21 bits per heavy atom. The molecular weight excluding hydrogens is 283 g/mol. The van der Waals surface area contributed by atoms with Crippen molar-refractivity contribution in [2.24, 2.45) is 0 Å². The first-order valence-corrected chi connectivity index (χ1v) is 6.43. The minimum Gasteiger partial charge on any atom is -0.436 e. The van der Waals surface area contributed by atoms with Gasteiger partial charge in [0.2, 0.25) is 5.89 Å². The zero-order valence-electron chi connectivity index (χ0n) is 10.1. The molecule has 96 valence electrons. The van der Waals surface area contributed by atoms with E-state index in [4.69, 9.17) is 33.4 Å². The summed E-state index contributed by atoms with van der Waals surface area (Å²) < 4.78 is 5.69. The highest BCUT2D eigenvalue weighted by molar-refractivity contribution is 6.42. The first-order valence-electron chi connectivity index (χ1n) is 5.67. The third-order valence-electron chi connectivity index (χ3n) is 2.88. The highest BCUT2D eigenvalue weighted by Gasteiger charge is 2.15. The molecule has 0 saturated heterocycles. The topological polar surface area (TPSA) is 52.0 Å². The Bertz CT molecular complexity index is 780. The maximum Gasteiger partial charge on any atom is 0.227 e. The largest absolute Gasteiger partial charge is 0.436 e. The number of halogens is 2. The van der Waals surface area contributed by atoms with Gasteiger partial charge in [0.05, 0.1) is 15.7 Å². The molecule has 0 amide bonds. The van der Waals surface area contributed by atoms with Gasteiger partial charge in [-0.15, -0.1) is 0 Å². The molecule has 0 unspecified atom stereocenters. The quantitative estimate of drug-likeness (QED) is 0.662. The van der Waals surface area contributed by atoms with E-state index in [1.165, 1.54) is 0 Å². The van der Waals surface area contributed by atoms with Crippen LogP contribution in [-0.2, 0) is 0 Å². The van der Waals surface area contributed by atoms with E-state index >= 15 is 0 Å². The van der Waals surface area contributed by atoms with E-state index in [0.29, 0.717) is 32.7 Å². The molecule has 0 bridgehead atoms. The van der Waals surface area contributed by atoms with Gasteiger partial charge in [0.1, 0.15) is 5.52 Å². The number of rotatable bonds is 1. The zero-order valence-corrected chi connectivity index (χ0v) is 11.6. The average molecular weight is 293 g/mol. The van der Waals surface area contributed by atoms with E-state index in [9.17, 15) is 0 Å². The van der Waals surface area contributed by atoms with E-state index in [1.807, 2.05) is 31.2 Å². The zero-order chi connectivity index (χ0) is 13.6. The molecule has 1 aromatic heterocycles. The van der Waals surface area contributed by atoms with Gasteiger partial charge in [-0.2, -0.15) is 0 Å². The summed E-state index contributed by atoms with van der Waals surface area (Å²) in [6.45, 7) is 2.01. The van der Waals surface area contributed by atoms with Crippen LogP contribution in [0.15, 0.2) is 34.7 Å². The molecule has 2 N–H and O–H groups in total. The lowest BCUT2D eigenvalue weighted by Crippen LogP contribution is -1.88. The van der Waals surface area contributed by atoms with Crippen molar-refractivity contribution < 1.29 is 4.42 Å². The minimum atomic E-state index is 0.319. The average Bonchev–Trinajstić information content (AvgIpc) is 2.80. The second-order valence-corrected chi connectivity index (χ2v) is 5.11. The van der Waals surface area contributed by atoms with Crippen LogP contribution in [0.1, 0.15) is 5.56 Å². The molecule has 0 fully saturated rings. The number of fused-ring (bicyclic) bond motifs is 1. The van der Waals surface area contributed by atoms with Crippen LogP contribution in [0.4, 0.5) is 5.69 Å². The monoisotopic (exact) mass is 292 g/mol. The summed E-state index contributed by atoms with van der Waals surface area (Å²) in [5.41, 5.74) is 9.17. The fourth-order valence-corrected chi connectivity index (χ4v) is 2.39. The molecule has 0 radical (unpaired) electrons. The molecular formula is C14H10Cl2N2O. The summed E-state index contributed by atoms with van der Waals surface area (Å²) in [4.78, 5) is 4.39. The summed E-state index contributed by atoms with van der Waals surface area (Å²) in [6, 6.07) is 9.50. The summed E-state index contributed by atoms with van der Waals surface area (Å²) in [5.74, 6) is 0.502. The Hall–Kier alpha value is -1.71. The van der Waals surface area contributed by atoms with Crippen LogP contribution in [0.3, 0.4) is 0 Å². The molecule has 3 nitrogen and oxygen atoms in total. The lowest BCUT2D eigenvalue weighted by Gasteiger charge is -1.99. The van der Waals surface area contributed by atoms with Gasteiger partial charge in [-0.3, -0.25) is 0 Å². The molecule has 0 aliphatic heterocycles. The van der Waals surface area contributed by atoms with Gasteiger partial charge in [-0.25, -0.2) is 4.98 Å². The molecule has 3 rings (SSSR count). The van der Waals surface area contributed by atoms with Gasteiger partial charge in [-0.05, 0) is 19.1 Å². The minimum absolute atomic E-state index is 0.319. The lowest BCUT2D eigenvalue weighted by molar-refractivity contribution is 0.620. The van der Waals surface area contributed by atoms with Crippen molar-refractivity contribution in [3.05, 3.63) is 45.9 Å². The normalized spacial score (nSPS) is 11.1. The SMILES string of the molecule is Cc1cccc(-c2nc3c(Cl)c(N)c(Cl)cc3o2)c1. The predicted molar refractivity (Wildman–Crippen MR) is 78.6 cm³/mol. The van der Waals surface area contributed by atoms with Gasteiger partial charge in [-0.1, -0.05) is 40.9 Å². The van der Waals surface area contributed by atoms with Crippen molar-refractivity contribution in [3.63, 3.8) is 0 Å². The lowest BCUT2D eigenvalue weighted by atomic mass is 10.1. The Balaban J connectivity index is 2.25. The molecule has 0 aliphatic carbocycles. The number of aryl methyl sites for hydroxylation is 1. The van der Waals surface area contributed by atoms with Crippen LogP contribution in [0, 0.1) is 6.92 Å². The molecule has 0 saturated carbocycles. The number of anilines is 1. The van der Waals surface area contributed by atoms with Crippen molar-refractivity contribution >= 4 is 40.0 Å². The number of hydrogen-bond acceptors (Lipinski definition) is 3. The van der Waals surface area contributed by atoms with Gasteiger partial charge in [0.25, 0.3) is 0 Å². The molecule has 5 heteroatoms. The Labute approximate surface area is 119 Å². The Morgan fingerprint density at radius 3 is 2.74 bits per heavy atom. The van der Waals surface area contributed by atoms with Gasteiger partial charge in [0, 0.05) is 11.6 Å². The molecule has 19 heavy (non-hydrogen) atoms. The summed E-state index contributed by atoms with van der Waals surface area (Å²) in [7, 11) is 0. The number of nitrogens with two attached hydrogens (primary N) is 1. The molecule has 0 aliphatic rings. The van der Waals surface area contributed by atoms with Crippen molar-refractivity contribution in [3.8, 4) is 11.5 Å². The molecule has 3 aromatic rings. The fourth-order valence-electron chi connectivity index (χ4n) is 1.91. The molecule has 1 heterocycles. The first kappa shape index (κ1) is 12.3. The van der Waals surface area contributed by atoms with Crippen molar-refractivity contribution in [2.45, 2.75) is 6.92 Å². The van der Waals surface area contributed by atoms with Gasteiger partial charge >= 0.3 is 0 Å². The van der Waals surface area contributed by atoms with Crippen LogP contribution in [0.5, 0.6) is 0 Å². The standard InChI is InChI=1S/C14H10Cl2N2O/c1-7-3-2-4-8(5-7)14-18-13-10(19-14)6-9(15)12(17)11(13)16/h2-6H,17H2,1H3. The van der Waals surface area contributed by atoms with Crippen molar-refractivity contribution in [2.75, 3.05) is 5.73 Å². The summed E-state index contributed by atoms with van der Waals surface area (Å²) in [6.07, 6.45) is 0. The molecule has 0 atom stereocenters. The van der Waals surface area contributed by atoms with Gasteiger partial charge in [0.15, 0.2) is 5.58 Å². The number of hydrogen-bond donors (Lipinski definition) is 1. The van der Waals surface area contributed by atoms with Crippen LogP contribution < -0.4 is 5.73 Å². The maximum absolute atomic E-state index is 6.13. The third kappa shape index (κ3) is 2.05. The molecule has 2 aromatic carbocycles. The van der Waals surface area contributed by atoms with Crippen molar-refractivity contribution in [1.82, 2.24) is 4.98 Å². The van der Waals surface area contributed by atoms with Crippen molar-refractivity contribution in [1.29, 1.82) is 0 Å². The number of nitrogens with zero attached hydrogens (tertiary/aromatic N) is 1. The van der Waals surface area contributed by atoms with E-state index in [0.717, 1.165) is 11.1 Å². The number of benzene rings is 2. The smallest absolute Gasteiger partial charge is 0.227 e. The second-order valence-electron chi connectivity index (χ2n) is 4.32. The first-order chi connectivity index (χ1) is 9.06. The fraction of sp³-hybridized carbons (Fsp3) is 0.0714. The molecule has 0 spiro atoms. The number of aromatic nitrogens is 1. The highest BCUT2D eigenvalue weighted by atomic mass is 35.5. The van der Waals surface area contributed by atoms with E-state index < -0.39 is 0 Å². The van der Waals surface area contributed by atoms with Gasteiger partial charge < -0.3 is 10.2 Å². The van der Waals surface area contributed by atoms with E-state index in [-0.39, 0.29) is 0 Å². The number of oxazole rings is 1. The van der Waals surface area contributed by atoms with E-state index in [1.54, 1.807) is 6.07 Å².